The molecule has 6 heteroatoms. The minimum absolute atomic E-state index is 0.0961. The van der Waals surface area contributed by atoms with E-state index < -0.39 is 6.03 Å². The lowest BCUT2D eigenvalue weighted by molar-refractivity contribution is 0.252. The number of carbonyl (C=O) groups excluding carboxylic acids is 1. The highest BCUT2D eigenvalue weighted by Gasteiger charge is 2.06. The van der Waals surface area contributed by atoms with E-state index in [0.29, 0.717) is 11.3 Å². The van der Waals surface area contributed by atoms with Crippen LogP contribution in [0.5, 0.6) is 5.75 Å². The third-order valence-corrected chi connectivity index (χ3v) is 3.89. The summed E-state index contributed by atoms with van der Waals surface area (Å²) in [5, 5.41) is 18.4. The van der Waals surface area contributed by atoms with Crippen LogP contribution in [0.4, 0.5) is 10.5 Å². The van der Waals surface area contributed by atoms with E-state index in [0.717, 1.165) is 15.2 Å². The lowest BCUT2D eigenvalue weighted by atomic mass is 10.0. The number of halogens is 1. The maximum absolute atomic E-state index is 11.8. The topological polar surface area (TPSA) is 73.7 Å². The molecule has 0 radical (unpaired) electrons. The van der Waals surface area contributed by atoms with E-state index in [9.17, 15) is 9.90 Å². The summed E-state index contributed by atoms with van der Waals surface area (Å²) in [6, 6.07) is 17.7. The largest absolute Gasteiger partial charge is 0.507 e. The molecule has 0 atom stereocenters. The molecule has 0 unspecified atom stereocenters. The minimum Gasteiger partial charge on any atom is -0.507 e. The van der Waals surface area contributed by atoms with Gasteiger partial charge in [-0.05, 0) is 41.1 Å². The number of hydrazone groups is 1. The summed E-state index contributed by atoms with van der Waals surface area (Å²) >= 11 is 3.42. The fourth-order valence-corrected chi connectivity index (χ4v) is 2.66. The number of para-hydroxylation sites is 1. The SMILES string of the molecule is O=C(N/N=C/c1c(O)ccc2cc(Br)ccc12)Nc1ccccc1. The van der Waals surface area contributed by atoms with Crippen molar-refractivity contribution >= 4 is 44.6 Å². The van der Waals surface area contributed by atoms with Gasteiger partial charge in [-0.1, -0.05) is 46.3 Å². The van der Waals surface area contributed by atoms with Crippen molar-refractivity contribution in [2.45, 2.75) is 0 Å². The van der Waals surface area contributed by atoms with Crippen LogP contribution in [0.2, 0.25) is 0 Å². The molecule has 0 aliphatic carbocycles. The van der Waals surface area contributed by atoms with Crippen LogP contribution in [-0.4, -0.2) is 17.4 Å². The van der Waals surface area contributed by atoms with Gasteiger partial charge in [0.2, 0.25) is 0 Å². The number of carbonyl (C=O) groups is 1. The summed E-state index contributed by atoms with van der Waals surface area (Å²) in [7, 11) is 0. The molecule has 0 fully saturated rings. The van der Waals surface area contributed by atoms with Crippen LogP contribution in [0.3, 0.4) is 0 Å². The molecule has 0 aliphatic rings. The Morgan fingerprint density at radius 3 is 2.67 bits per heavy atom. The van der Waals surface area contributed by atoms with Crippen LogP contribution < -0.4 is 10.7 Å². The number of nitrogens with one attached hydrogen (secondary N) is 2. The van der Waals surface area contributed by atoms with E-state index >= 15 is 0 Å². The Labute approximate surface area is 147 Å². The van der Waals surface area contributed by atoms with E-state index in [4.69, 9.17) is 0 Å². The van der Waals surface area contributed by atoms with Gasteiger partial charge in [-0.25, -0.2) is 10.2 Å². The number of benzene rings is 3. The van der Waals surface area contributed by atoms with Crippen LogP contribution >= 0.6 is 15.9 Å². The number of phenolic OH excluding ortho intramolecular Hbond substituents is 1. The normalized spacial score (nSPS) is 10.9. The first kappa shape index (κ1) is 16.0. The zero-order valence-electron chi connectivity index (χ0n) is 12.5. The fourth-order valence-electron chi connectivity index (χ4n) is 2.28. The summed E-state index contributed by atoms with van der Waals surface area (Å²) in [5.74, 6) is 0.0961. The number of rotatable bonds is 3. The van der Waals surface area contributed by atoms with Crippen molar-refractivity contribution in [3.8, 4) is 5.75 Å². The third-order valence-electron chi connectivity index (χ3n) is 3.39. The molecule has 0 bridgehead atoms. The van der Waals surface area contributed by atoms with Gasteiger partial charge in [0.05, 0.1) is 6.21 Å². The first-order valence-electron chi connectivity index (χ1n) is 7.20. The first-order valence-corrected chi connectivity index (χ1v) is 7.99. The maximum Gasteiger partial charge on any atom is 0.339 e. The Balaban J connectivity index is 1.76. The molecule has 0 saturated carbocycles. The average molecular weight is 384 g/mol. The Morgan fingerprint density at radius 2 is 1.88 bits per heavy atom. The van der Waals surface area contributed by atoms with Crippen LogP contribution in [0, 0.1) is 0 Å². The van der Waals surface area contributed by atoms with E-state index in [-0.39, 0.29) is 5.75 Å². The van der Waals surface area contributed by atoms with Crippen molar-refractivity contribution in [3.63, 3.8) is 0 Å². The van der Waals surface area contributed by atoms with E-state index in [1.54, 1.807) is 18.2 Å². The predicted octanol–water partition coefficient (Wildman–Crippen LogP) is 4.46. The van der Waals surface area contributed by atoms with Gasteiger partial charge in [0.1, 0.15) is 5.75 Å². The van der Waals surface area contributed by atoms with E-state index in [1.807, 2.05) is 42.5 Å². The molecule has 3 rings (SSSR count). The maximum atomic E-state index is 11.8. The number of amides is 2. The second-order valence-electron chi connectivity index (χ2n) is 5.05. The predicted molar refractivity (Wildman–Crippen MR) is 99.5 cm³/mol. The standard InChI is InChI=1S/C18H14BrN3O2/c19-13-7-8-15-12(10-13)6-9-17(23)16(15)11-20-22-18(24)21-14-4-2-1-3-5-14/h1-11,23H,(H2,21,22,24)/b20-11+. The summed E-state index contributed by atoms with van der Waals surface area (Å²) in [6.07, 6.45) is 1.43. The van der Waals surface area contributed by atoms with Crippen molar-refractivity contribution in [1.82, 2.24) is 5.43 Å². The number of hydrogen-bond acceptors (Lipinski definition) is 3. The molecule has 3 aromatic rings. The molecule has 0 saturated heterocycles. The van der Waals surface area contributed by atoms with Crippen molar-refractivity contribution in [1.29, 1.82) is 0 Å². The van der Waals surface area contributed by atoms with Gasteiger partial charge in [0, 0.05) is 15.7 Å². The quantitative estimate of drug-likeness (QED) is 0.461. The Bertz CT molecular complexity index is 911. The molecule has 3 N–H and O–H groups in total. The van der Waals surface area contributed by atoms with Crippen molar-refractivity contribution < 1.29 is 9.90 Å². The van der Waals surface area contributed by atoms with Gasteiger partial charge in [0.25, 0.3) is 0 Å². The highest BCUT2D eigenvalue weighted by Crippen LogP contribution is 2.27. The number of urea groups is 1. The highest BCUT2D eigenvalue weighted by molar-refractivity contribution is 9.10. The van der Waals surface area contributed by atoms with Crippen LogP contribution in [0.25, 0.3) is 10.8 Å². The zero-order chi connectivity index (χ0) is 16.9. The number of fused-ring (bicyclic) bond motifs is 1. The molecular weight excluding hydrogens is 370 g/mol. The molecule has 120 valence electrons. The first-order chi connectivity index (χ1) is 11.6. The summed E-state index contributed by atoms with van der Waals surface area (Å²) in [4.78, 5) is 11.8. The number of phenols is 1. The smallest absolute Gasteiger partial charge is 0.339 e. The molecule has 0 aromatic heterocycles. The number of anilines is 1. The fraction of sp³-hybridized carbons (Fsp3) is 0. The summed E-state index contributed by atoms with van der Waals surface area (Å²) in [5.41, 5.74) is 3.59. The van der Waals surface area contributed by atoms with Gasteiger partial charge in [-0.3, -0.25) is 0 Å². The number of nitrogens with zero attached hydrogens (tertiary/aromatic N) is 1. The van der Waals surface area contributed by atoms with Crippen LogP contribution in [-0.2, 0) is 0 Å². The molecule has 2 amide bonds. The summed E-state index contributed by atoms with van der Waals surface area (Å²) in [6.45, 7) is 0. The van der Waals surface area contributed by atoms with Crippen molar-refractivity contribution in [2.24, 2.45) is 5.10 Å². The minimum atomic E-state index is -0.458. The molecule has 3 aromatic carbocycles. The molecule has 0 spiro atoms. The van der Waals surface area contributed by atoms with E-state index in [2.05, 4.69) is 31.8 Å². The Morgan fingerprint density at radius 1 is 1.08 bits per heavy atom. The monoisotopic (exact) mass is 383 g/mol. The second kappa shape index (κ2) is 7.14. The van der Waals surface area contributed by atoms with Crippen LogP contribution in [0.1, 0.15) is 5.56 Å². The third kappa shape index (κ3) is 3.72. The molecule has 0 heterocycles. The van der Waals surface area contributed by atoms with Gasteiger partial charge in [0.15, 0.2) is 0 Å². The van der Waals surface area contributed by atoms with Crippen molar-refractivity contribution in [3.05, 3.63) is 70.7 Å². The Kier molecular flexibility index (Phi) is 4.77. The van der Waals surface area contributed by atoms with Gasteiger partial charge in [-0.2, -0.15) is 5.10 Å². The molecule has 24 heavy (non-hydrogen) atoms. The van der Waals surface area contributed by atoms with Crippen molar-refractivity contribution in [2.75, 3.05) is 5.32 Å². The number of hydrogen-bond donors (Lipinski definition) is 3. The molecular formula is C18H14BrN3O2. The van der Waals surface area contributed by atoms with Gasteiger partial charge >= 0.3 is 6.03 Å². The lowest BCUT2D eigenvalue weighted by Crippen LogP contribution is -2.24. The van der Waals surface area contributed by atoms with E-state index in [1.165, 1.54) is 6.21 Å². The Hall–Kier alpha value is -2.86. The average Bonchev–Trinajstić information content (AvgIpc) is 2.58. The lowest BCUT2D eigenvalue weighted by Gasteiger charge is -2.06. The second-order valence-corrected chi connectivity index (χ2v) is 5.97. The zero-order valence-corrected chi connectivity index (χ0v) is 14.1. The molecule has 0 aliphatic heterocycles. The highest BCUT2D eigenvalue weighted by atomic mass is 79.9. The summed E-state index contributed by atoms with van der Waals surface area (Å²) < 4.78 is 0.948. The van der Waals surface area contributed by atoms with Gasteiger partial charge < -0.3 is 10.4 Å². The van der Waals surface area contributed by atoms with Crippen LogP contribution in [0.15, 0.2) is 70.2 Å². The van der Waals surface area contributed by atoms with Gasteiger partial charge in [-0.15, -0.1) is 0 Å². The number of aromatic hydroxyl groups is 1. The molecule has 5 nitrogen and oxygen atoms in total.